The van der Waals surface area contributed by atoms with Crippen LogP contribution in [0.3, 0.4) is 0 Å². The zero-order valence-corrected chi connectivity index (χ0v) is 14.4. The smallest absolute Gasteiger partial charge is 0.251 e. The van der Waals surface area contributed by atoms with Crippen LogP contribution in [0.15, 0.2) is 12.1 Å². The molecule has 126 valence electrons. The number of carbonyl (C=O) groups excluding carboxylic acids is 1. The number of amides is 1. The normalized spacial score (nSPS) is 17.1. The average molecular weight is 366 g/mol. The molecule has 8 heteroatoms. The molecule has 4 rings (SSSR count). The number of nitrogens with two attached hydrogens (primary N) is 1. The largest absolute Gasteiger partial charge is 0.396 e. The SMILES string of the molecule is Nc1c(Cl)cc(C(=O)NCc2nnc(C3CC3)n2C2CC2)cc1Cl. The molecule has 6 nitrogen and oxygen atoms in total. The first-order valence-electron chi connectivity index (χ1n) is 8.01. The minimum Gasteiger partial charge on any atom is -0.396 e. The van der Waals surface area contributed by atoms with Gasteiger partial charge in [0.1, 0.15) is 5.82 Å². The van der Waals surface area contributed by atoms with Crippen molar-refractivity contribution in [1.29, 1.82) is 0 Å². The van der Waals surface area contributed by atoms with Crippen LogP contribution in [0.1, 0.15) is 59.6 Å². The van der Waals surface area contributed by atoms with Gasteiger partial charge in [-0.25, -0.2) is 0 Å². The molecule has 3 N–H and O–H groups in total. The van der Waals surface area contributed by atoms with Gasteiger partial charge in [-0.1, -0.05) is 23.2 Å². The maximum atomic E-state index is 12.4. The third-order valence-corrected chi connectivity index (χ3v) is 5.02. The van der Waals surface area contributed by atoms with E-state index in [4.69, 9.17) is 28.9 Å². The Labute approximate surface area is 149 Å². The van der Waals surface area contributed by atoms with Gasteiger partial charge in [0.15, 0.2) is 5.82 Å². The molecular formula is C16H17Cl2N5O. The Hall–Kier alpha value is -1.79. The molecule has 0 atom stereocenters. The second kappa shape index (κ2) is 5.93. The van der Waals surface area contributed by atoms with Crippen molar-refractivity contribution in [2.75, 3.05) is 5.73 Å². The van der Waals surface area contributed by atoms with Gasteiger partial charge >= 0.3 is 0 Å². The Morgan fingerprint density at radius 1 is 1.21 bits per heavy atom. The second-order valence-electron chi connectivity index (χ2n) is 6.39. The van der Waals surface area contributed by atoms with E-state index < -0.39 is 0 Å². The Morgan fingerprint density at radius 3 is 2.46 bits per heavy atom. The van der Waals surface area contributed by atoms with Gasteiger partial charge < -0.3 is 15.6 Å². The van der Waals surface area contributed by atoms with Crippen LogP contribution in [0.25, 0.3) is 0 Å². The van der Waals surface area contributed by atoms with Crippen molar-refractivity contribution in [1.82, 2.24) is 20.1 Å². The summed E-state index contributed by atoms with van der Waals surface area (Å²) < 4.78 is 2.21. The van der Waals surface area contributed by atoms with Gasteiger partial charge in [0.2, 0.25) is 0 Å². The van der Waals surface area contributed by atoms with Crippen molar-refractivity contribution >= 4 is 34.8 Å². The summed E-state index contributed by atoms with van der Waals surface area (Å²) in [6, 6.07) is 3.52. The fraction of sp³-hybridized carbons (Fsp3) is 0.438. The van der Waals surface area contributed by atoms with Gasteiger partial charge in [0.25, 0.3) is 5.91 Å². The first-order valence-corrected chi connectivity index (χ1v) is 8.76. The number of hydrogen-bond donors (Lipinski definition) is 2. The zero-order valence-electron chi connectivity index (χ0n) is 12.9. The van der Waals surface area contributed by atoms with Crippen molar-refractivity contribution < 1.29 is 4.79 Å². The van der Waals surface area contributed by atoms with Crippen LogP contribution in [-0.2, 0) is 6.54 Å². The van der Waals surface area contributed by atoms with E-state index in [1.54, 1.807) is 0 Å². The predicted octanol–water partition coefficient (Wildman–Crippen LogP) is 3.31. The minimum absolute atomic E-state index is 0.267. The van der Waals surface area contributed by atoms with Crippen LogP contribution in [0.5, 0.6) is 0 Å². The lowest BCUT2D eigenvalue weighted by molar-refractivity contribution is 0.0949. The lowest BCUT2D eigenvalue weighted by Crippen LogP contribution is -2.25. The molecule has 0 aliphatic heterocycles. The molecule has 0 unspecified atom stereocenters. The molecular weight excluding hydrogens is 349 g/mol. The number of benzene rings is 1. The molecule has 24 heavy (non-hydrogen) atoms. The maximum absolute atomic E-state index is 12.4. The molecule has 2 aromatic rings. The van der Waals surface area contributed by atoms with Gasteiger partial charge in [-0.15, -0.1) is 10.2 Å². The fourth-order valence-corrected chi connectivity index (χ4v) is 3.27. The molecule has 1 amide bonds. The van der Waals surface area contributed by atoms with Crippen molar-refractivity contribution in [2.24, 2.45) is 0 Å². The highest BCUT2D eigenvalue weighted by atomic mass is 35.5. The Kier molecular flexibility index (Phi) is 3.89. The van der Waals surface area contributed by atoms with E-state index in [1.165, 1.54) is 25.0 Å². The van der Waals surface area contributed by atoms with E-state index in [9.17, 15) is 4.79 Å². The quantitative estimate of drug-likeness (QED) is 0.795. The Bertz CT molecular complexity index is 788. The standard InChI is InChI=1S/C16H17Cl2N5O/c17-11-5-9(6-12(18)14(11)19)16(24)20-7-13-21-22-15(8-1-2-8)23(13)10-3-4-10/h5-6,8,10H,1-4,7,19H2,(H,20,24). The van der Waals surface area contributed by atoms with E-state index >= 15 is 0 Å². The summed E-state index contributed by atoms with van der Waals surface area (Å²) in [4.78, 5) is 12.4. The Morgan fingerprint density at radius 2 is 1.88 bits per heavy atom. The highest BCUT2D eigenvalue weighted by Crippen LogP contribution is 2.44. The lowest BCUT2D eigenvalue weighted by atomic mass is 10.2. The third kappa shape index (κ3) is 2.96. The number of rotatable bonds is 5. The molecule has 0 saturated heterocycles. The number of hydrogen-bond acceptors (Lipinski definition) is 4. The summed E-state index contributed by atoms with van der Waals surface area (Å²) in [5.41, 5.74) is 6.35. The summed E-state index contributed by atoms with van der Waals surface area (Å²) >= 11 is 12.0. The van der Waals surface area contributed by atoms with Crippen LogP contribution in [0, 0.1) is 0 Å². The van der Waals surface area contributed by atoms with Crippen LogP contribution in [-0.4, -0.2) is 20.7 Å². The second-order valence-corrected chi connectivity index (χ2v) is 7.20. The molecule has 2 aliphatic carbocycles. The summed E-state index contributed by atoms with van der Waals surface area (Å²) in [6.07, 6.45) is 4.67. The van der Waals surface area contributed by atoms with Gasteiger partial charge in [-0.05, 0) is 37.8 Å². The van der Waals surface area contributed by atoms with Crippen LogP contribution in [0.2, 0.25) is 10.0 Å². The average Bonchev–Trinajstić information content (AvgIpc) is 3.48. The maximum Gasteiger partial charge on any atom is 0.251 e. The molecule has 0 radical (unpaired) electrons. The van der Waals surface area contributed by atoms with Crippen LogP contribution < -0.4 is 11.1 Å². The monoisotopic (exact) mass is 365 g/mol. The number of nitrogens with one attached hydrogen (secondary N) is 1. The Balaban J connectivity index is 1.50. The molecule has 0 bridgehead atoms. The van der Waals surface area contributed by atoms with Gasteiger partial charge in [0.05, 0.1) is 22.3 Å². The number of nitrogens with zero attached hydrogens (tertiary/aromatic N) is 3. The minimum atomic E-state index is -0.267. The summed E-state index contributed by atoms with van der Waals surface area (Å²) in [6.45, 7) is 0.328. The highest BCUT2D eigenvalue weighted by Gasteiger charge is 2.36. The summed E-state index contributed by atoms with van der Waals surface area (Å²) in [7, 11) is 0. The first-order chi connectivity index (χ1) is 11.5. The summed E-state index contributed by atoms with van der Waals surface area (Å²) in [5.74, 6) is 2.15. The van der Waals surface area contributed by atoms with Gasteiger partial charge in [0, 0.05) is 17.5 Å². The molecule has 1 aromatic carbocycles. The number of anilines is 1. The van der Waals surface area contributed by atoms with Crippen molar-refractivity contribution in [3.05, 3.63) is 39.4 Å². The fourth-order valence-electron chi connectivity index (χ4n) is 2.79. The van der Waals surface area contributed by atoms with E-state index in [0.29, 0.717) is 24.1 Å². The molecule has 1 heterocycles. The van der Waals surface area contributed by atoms with Crippen LogP contribution >= 0.6 is 23.2 Å². The predicted molar refractivity (Wildman–Crippen MR) is 92.3 cm³/mol. The molecule has 2 fully saturated rings. The van der Waals surface area contributed by atoms with E-state index in [1.807, 2.05) is 0 Å². The number of aromatic nitrogens is 3. The van der Waals surface area contributed by atoms with E-state index in [2.05, 4.69) is 20.1 Å². The molecule has 2 saturated carbocycles. The van der Waals surface area contributed by atoms with Crippen molar-refractivity contribution in [2.45, 2.75) is 44.2 Å². The molecule has 2 aliphatic rings. The van der Waals surface area contributed by atoms with E-state index in [-0.39, 0.29) is 21.6 Å². The zero-order chi connectivity index (χ0) is 16.8. The van der Waals surface area contributed by atoms with Gasteiger partial charge in [-0.3, -0.25) is 4.79 Å². The van der Waals surface area contributed by atoms with Crippen molar-refractivity contribution in [3.63, 3.8) is 0 Å². The van der Waals surface area contributed by atoms with E-state index in [0.717, 1.165) is 24.5 Å². The highest BCUT2D eigenvalue weighted by molar-refractivity contribution is 6.39. The molecule has 0 spiro atoms. The lowest BCUT2D eigenvalue weighted by Gasteiger charge is -2.10. The third-order valence-electron chi connectivity index (χ3n) is 4.40. The molecule has 1 aromatic heterocycles. The van der Waals surface area contributed by atoms with Crippen molar-refractivity contribution in [3.8, 4) is 0 Å². The van der Waals surface area contributed by atoms with Crippen LogP contribution in [0.4, 0.5) is 5.69 Å². The topological polar surface area (TPSA) is 85.8 Å². The van der Waals surface area contributed by atoms with Gasteiger partial charge in [-0.2, -0.15) is 0 Å². The number of carbonyl (C=O) groups is 1. The number of halogens is 2. The summed E-state index contributed by atoms with van der Waals surface area (Å²) in [5, 5.41) is 12.0. The number of nitrogen functional groups attached to an aromatic ring is 1. The first kappa shape index (κ1) is 15.7.